The molecule has 1 aromatic carbocycles. The third-order valence-corrected chi connectivity index (χ3v) is 3.73. The normalized spacial score (nSPS) is 17.4. The van der Waals surface area contributed by atoms with Gasteiger partial charge in [-0.1, -0.05) is 35.2 Å². The van der Waals surface area contributed by atoms with Gasteiger partial charge in [0.25, 0.3) is 0 Å². The fourth-order valence-corrected chi connectivity index (χ4v) is 2.61. The van der Waals surface area contributed by atoms with Crippen LogP contribution in [0.2, 0.25) is 0 Å². The zero-order valence-corrected chi connectivity index (χ0v) is 10.9. The summed E-state index contributed by atoms with van der Waals surface area (Å²) in [7, 11) is 0. The van der Waals surface area contributed by atoms with E-state index in [2.05, 4.69) is 21.2 Å². The first-order chi connectivity index (χ1) is 7.75. The third-order valence-electron chi connectivity index (χ3n) is 3.24. The lowest BCUT2D eigenvalue weighted by molar-refractivity contribution is 0.373. The van der Waals surface area contributed by atoms with Gasteiger partial charge in [0.15, 0.2) is 0 Å². The first-order valence-corrected chi connectivity index (χ1v) is 6.74. The number of rotatable bonds is 3. The van der Waals surface area contributed by atoms with E-state index in [-0.39, 0.29) is 5.82 Å². The van der Waals surface area contributed by atoms with Crippen molar-refractivity contribution >= 4 is 21.6 Å². The maximum atomic E-state index is 13.5. The van der Waals surface area contributed by atoms with Crippen LogP contribution in [0.5, 0.6) is 0 Å². The van der Waals surface area contributed by atoms with Gasteiger partial charge in [-0.3, -0.25) is 0 Å². The van der Waals surface area contributed by atoms with Crippen LogP contribution in [0.15, 0.2) is 22.7 Å². The highest BCUT2D eigenvalue weighted by Gasteiger charge is 2.13. The van der Waals surface area contributed by atoms with Crippen molar-refractivity contribution in [2.45, 2.75) is 32.1 Å². The molecule has 3 heteroatoms. The summed E-state index contributed by atoms with van der Waals surface area (Å²) in [5.41, 5.74) is 0.619. The predicted molar refractivity (Wildman–Crippen MR) is 69.2 cm³/mol. The van der Waals surface area contributed by atoms with Crippen molar-refractivity contribution in [1.82, 2.24) is 0 Å². The van der Waals surface area contributed by atoms with Crippen molar-refractivity contribution in [3.8, 4) is 0 Å². The van der Waals surface area contributed by atoms with Crippen molar-refractivity contribution in [3.63, 3.8) is 0 Å². The van der Waals surface area contributed by atoms with Crippen LogP contribution in [0.1, 0.15) is 32.1 Å². The molecule has 0 amide bonds. The molecule has 1 N–H and O–H groups in total. The highest BCUT2D eigenvalue weighted by molar-refractivity contribution is 9.10. The van der Waals surface area contributed by atoms with Gasteiger partial charge in [-0.25, -0.2) is 4.39 Å². The fraction of sp³-hybridized carbons (Fsp3) is 0.538. The van der Waals surface area contributed by atoms with E-state index in [1.165, 1.54) is 38.2 Å². The van der Waals surface area contributed by atoms with E-state index < -0.39 is 0 Å². The Bertz CT molecular complexity index is 348. The molecule has 1 aliphatic carbocycles. The molecule has 0 aliphatic heterocycles. The Hall–Kier alpha value is -0.570. The van der Waals surface area contributed by atoms with E-state index in [4.69, 9.17) is 0 Å². The molecule has 1 saturated carbocycles. The van der Waals surface area contributed by atoms with Gasteiger partial charge in [0.2, 0.25) is 0 Å². The second kappa shape index (κ2) is 5.67. The third kappa shape index (κ3) is 3.21. The highest BCUT2D eigenvalue weighted by Crippen LogP contribution is 2.25. The first kappa shape index (κ1) is 11.9. The maximum absolute atomic E-state index is 13.5. The summed E-state index contributed by atoms with van der Waals surface area (Å²) in [6.07, 6.45) is 6.59. The zero-order chi connectivity index (χ0) is 11.4. The van der Waals surface area contributed by atoms with Crippen LogP contribution in [0, 0.1) is 11.7 Å². The molecule has 0 heterocycles. The number of anilines is 1. The Labute approximate surface area is 105 Å². The van der Waals surface area contributed by atoms with Crippen molar-refractivity contribution < 1.29 is 4.39 Å². The number of hydrogen-bond donors (Lipinski definition) is 1. The van der Waals surface area contributed by atoms with Crippen molar-refractivity contribution in [2.24, 2.45) is 5.92 Å². The summed E-state index contributed by atoms with van der Waals surface area (Å²) in [6.45, 7) is 0.901. The molecule has 0 bridgehead atoms. The molecule has 1 aromatic rings. The van der Waals surface area contributed by atoms with Gasteiger partial charge in [0.05, 0.1) is 5.69 Å². The van der Waals surface area contributed by atoms with Gasteiger partial charge < -0.3 is 5.32 Å². The highest BCUT2D eigenvalue weighted by atomic mass is 79.9. The van der Waals surface area contributed by atoms with Crippen LogP contribution >= 0.6 is 15.9 Å². The molecule has 1 aliphatic rings. The van der Waals surface area contributed by atoms with Gasteiger partial charge in [-0.05, 0) is 37.0 Å². The minimum atomic E-state index is -0.176. The smallest absolute Gasteiger partial charge is 0.147 e. The lowest BCUT2D eigenvalue weighted by Crippen LogP contribution is -2.17. The summed E-state index contributed by atoms with van der Waals surface area (Å²) in [6, 6.07) is 5.16. The summed E-state index contributed by atoms with van der Waals surface area (Å²) in [4.78, 5) is 0. The summed E-state index contributed by atoms with van der Waals surface area (Å²) in [5.74, 6) is 0.544. The quantitative estimate of drug-likeness (QED) is 0.857. The first-order valence-electron chi connectivity index (χ1n) is 5.94. The summed E-state index contributed by atoms with van der Waals surface area (Å²) in [5, 5.41) is 3.21. The molecule has 2 rings (SSSR count). The minimum Gasteiger partial charge on any atom is -0.382 e. The topological polar surface area (TPSA) is 12.0 Å². The molecule has 0 radical (unpaired) electrons. The maximum Gasteiger partial charge on any atom is 0.147 e. The number of nitrogens with one attached hydrogen (secondary N) is 1. The Balaban J connectivity index is 1.88. The number of benzene rings is 1. The average molecular weight is 286 g/mol. The van der Waals surface area contributed by atoms with E-state index in [0.717, 1.165) is 16.9 Å². The summed E-state index contributed by atoms with van der Waals surface area (Å²) >= 11 is 3.26. The molecule has 0 atom stereocenters. The monoisotopic (exact) mass is 285 g/mol. The zero-order valence-electron chi connectivity index (χ0n) is 9.31. The van der Waals surface area contributed by atoms with Crippen LogP contribution in [-0.2, 0) is 0 Å². The SMILES string of the molecule is Fc1cc(Br)ccc1NCC1CCCCC1. The fourth-order valence-electron chi connectivity index (χ4n) is 2.28. The van der Waals surface area contributed by atoms with Crippen LogP contribution in [0.4, 0.5) is 10.1 Å². The van der Waals surface area contributed by atoms with Gasteiger partial charge in [0, 0.05) is 11.0 Å². The van der Waals surface area contributed by atoms with Gasteiger partial charge in [-0.2, -0.15) is 0 Å². The van der Waals surface area contributed by atoms with Crippen LogP contribution in [-0.4, -0.2) is 6.54 Å². The van der Waals surface area contributed by atoms with Crippen LogP contribution in [0.25, 0.3) is 0 Å². The van der Waals surface area contributed by atoms with E-state index in [1.807, 2.05) is 6.07 Å². The van der Waals surface area contributed by atoms with Crippen LogP contribution in [0.3, 0.4) is 0 Å². The predicted octanol–water partition coefficient (Wildman–Crippen LogP) is 4.58. The van der Waals surface area contributed by atoms with E-state index in [9.17, 15) is 4.39 Å². The number of hydrogen-bond acceptors (Lipinski definition) is 1. The van der Waals surface area contributed by atoms with Crippen molar-refractivity contribution in [3.05, 3.63) is 28.5 Å². The van der Waals surface area contributed by atoms with Gasteiger partial charge in [0.1, 0.15) is 5.82 Å². The standard InChI is InChI=1S/C13H17BrFN/c14-11-6-7-13(12(15)8-11)16-9-10-4-2-1-3-5-10/h6-8,10,16H,1-5,9H2. The van der Waals surface area contributed by atoms with Crippen molar-refractivity contribution in [2.75, 3.05) is 11.9 Å². The molecule has 1 fully saturated rings. The van der Waals surface area contributed by atoms with E-state index in [1.54, 1.807) is 6.07 Å². The molecule has 88 valence electrons. The molecular weight excluding hydrogens is 269 g/mol. The molecular formula is C13H17BrFN. The van der Waals surface area contributed by atoms with E-state index in [0.29, 0.717) is 5.69 Å². The average Bonchev–Trinajstić information content (AvgIpc) is 2.29. The Morgan fingerprint density at radius 1 is 1.25 bits per heavy atom. The second-order valence-corrected chi connectivity index (χ2v) is 5.42. The lowest BCUT2D eigenvalue weighted by Gasteiger charge is -2.22. The molecule has 0 unspecified atom stereocenters. The second-order valence-electron chi connectivity index (χ2n) is 4.51. The molecule has 0 saturated heterocycles. The molecule has 1 nitrogen and oxygen atoms in total. The largest absolute Gasteiger partial charge is 0.382 e. The summed E-state index contributed by atoms with van der Waals surface area (Å²) < 4.78 is 14.3. The molecule has 0 aromatic heterocycles. The molecule has 16 heavy (non-hydrogen) atoms. The van der Waals surface area contributed by atoms with E-state index >= 15 is 0 Å². The van der Waals surface area contributed by atoms with Crippen molar-refractivity contribution in [1.29, 1.82) is 0 Å². The minimum absolute atomic E-state index is 0.176. The Kier molecular flexibility index (Phi) is 4.22. The molecule has 0 spiro atoms. The number of halogens is 2. The Morgan fingerprint density at radius 2 is 2.00 bits per heavy atom. The van der Waals surface area contributed by atoms with Crippen LogP contribution < -0.4 is 5.32 Å². The lowest BCUT2D eigenvalue weighted by atomic mass is 9.89. The van der Waals surface area contributed by atoms with Gasteiger partial charge in [-0.15, -0.1) is 0 Å². The van der Waals surface area contributed by atoms with Gasteiger partial charge >= 0.3 is 0 Å². The Morgan fingerprint density at radius 3 is 2.69 bits per heavy atom.